The van der Waals surface area contributed by atoms with Crippen LogP contribution in [0, 0.1) is 0 Å². The molecule has 23 heavy (non-hydrogen) atoms. The number of anilines is 1. The number of para-hydroxylation sites is 1. The molecule has 0 N–H and O–H groups in total. The topological polar surface area (TPSA) is 89.9 Å². The summed E-state index contributed by atoms with van der Waals surface area (Å²) in [4.78, 5) is 39.9. The van der Waals surface area contributed by atoms with Gasteiger partial charge < -0.3 is 9.90 Å². The SMILES string of the molecule is O=C([O-])c1ccc(CC2=NC(=O)N(c3ccccc3)C2=O)cc1. The van der Waals surface area contributed by atoms with Crippen molar-refractivity contribution in [2.45, 2.75) is 6.42 Å². The zero-order chi connectivity index (χ0) is 16.4. The average molecular weight is 307 g/mol. The van der Waals surface area contributed by atoms with Gasteiger partial charge in [-0.25, -0.2) is 9.69 Å². The quantitative estimate of drug-likeness (QED) is 0.848. The molecule has 0 atom stereocenters. The van der Waals surface area contributed by atoms with Gasteiger partial charge in [-0.1, -0.05) is 42.5 Å². The minimum Gasteiger partial charge on any atom is -0.545 e. The van der Waals surface area contributed by atoms with Crippen molar-refractivity contribution in [2.24, 2.45) is 4.99 Å². The summed E-state index contributed by atoms with van der Waals surface area (Å²) in [6, 6.07) is 13.8. The molecule has 3 amide bonds. The van der Waals surface area contributed by atoms with E-state index in [-0.39, 0.29) is 17.7 Å². The van der Waals surface area contributed by atoms with E-state index in [1.807, 2.05) is 0 Å². The third-order valence-corrected chi connectivity index (χ3v) is 3.45. The first-order valence-corrected chi connectivity index (χ1v) is 6.87. The fourth-order valence-electron chi connectivity index (χ4n) is 2.30. The van der Waals surface area contributed by atoms with E-state index in [9.17, 15) is 19.5 Å². The van der Waals surface area contributed by atoms with Gasteiger partial charge in [0.1, 0.15) is 5.71 Å². The predicted octanol–water partition coefficient (Wildman–Crippen LogP) is 1.20. The molecule has 0 radical (unpaired) electrons. The first-order valence-electron chi connectivity index (χ1n) is 6.87. The summed E-state index contributed by atoms with van der Waals surface area (Å²) < 4.78 is 0. The van der Waals surface area contributed by atoms with Crippen LogP contribution >= 0.6 is 0 Å². The fraction of sp³-hybridized carbons (Fsp3) is 0.0588. The third-order valence-electron chi connectivity index (χ3n) is 3.45. The number of benzene rings is 2. The van der Waals surface area contributed by atoms with Crippen LogP contribution in [0.1, 0.15) is 15.9 Å². The molecule has 1 aliphatic heterocycles. The Morgan fingerprint density at radius 1 is 1.00 bits per heavy atom. The van der Waals surface area contributed by atoms with Gasteiger partial charge in [-0.2, -0.15) is 4.99 Å². The second-order valence-electron chi connectivity index (χ2n) is 4.98. The summed E-state index contributed by atoms with van der Waals surface area (Å²) in [6.45, 7) is 0. The molecule has 0 bridgehead atoms. The normalized spacial score (nSPS) is 14.1. The van der Waals surface area contributed by atoms with Crippen LogP contribution in [-0.4, -0.2) is 23.6 Å². The molecule has 0 fully saturated rings. The number of rotatable bonds is 4. The summed E-state index contributed by atoms with van der Waals surface area (Å²) >= 11 is 0. The van der Waals surface area contributed by atoms with E-state index in [4.69, 9.17) is 0 Å². The number of urea groups is 1. The second kappa shape index (κ2) is 5.84. The van der Waals surface area contributed by atoms with Gasteiger partial charge in [-0.05, 0) is 23.3 Å². The smallest absolute Gasteiger partial charge is 0.355 e. The van der Waals surface area contributed by atoms with Crippen LogP contribution in [0.4, 0.5) is 10.5 Å². The number of hydrogen-bond acceptors (Lipinski definition) is 4. The summed E-state index contributed by atoms with van der Waals surface area (Å²) in [5.74, 6) is -1.73. The Hall–Kier alpha value is -3.28. The molecule has 1 heterocycles. The van der Waals surface area contributed by atoms with E-state index in [1.54, 1.807) is 42.5 Å². The van der Waals surface area contributed by atoms with Gasteiger partial charge in [0.05, 0.1) is 11.7 Å². The zero-order valence-corrected chi connectivity index (χ0v) is 11.9. The predicted molar refractivity (Wildman–Crippen MR) is 81.2 cm³/mol. The van der Waals surface area contributed by atoms with Crippen molar-refractivity contribution in [3.63, 3.8) is 0 Å². The average Bonchev–Trinajstić information content (AvgIpc) is 2.82. The Kier molecular flexibility index (Phi) is 3.72. The fourth-order valence-corrected chi connectivity index (χ4v) is 2.30. The third kappa shape index (κ3) is 2.87. The summed E-state index contributed by atoms with van der Waals surface area (Å²) in [5.41, 5.74) is 1.33. The molecule has 0 unspecified atom stereocenters. The van der Waals surface area contributed by atoms with Gasteiger partial charge in [0, 0.05) is 6.42 Å². The van der Waals surface area contributed by atoms with Crippen molar-refractivity contribution in [1.82, 2.24) is 0 Å². The van der Waals surface area contributed by atoms with Crippen molar-refractivity contribution < 1.29 is 19.5 Å². The van der Waals surface area contributed by atoms with Gasteiger partial charge in [0.25, 0.3) is 5.91 Å². The van der Waals surface area contributed by atoms with E-state index in [2.05, 4.69) is 4.99 Å². The lowest BCUT2D eigenvalue weighted by Gasteiger charge is -2.12. The van der Waals surface area contributed by atoms with Crippen molar-refractivity contribution in [3.8, 4) is 0 Å². The van der Waals surface area contributed by atoms with Crippen molar-refractivity contribution in [3.05, 3.63) is 65.7 Å². The van der Waals surface area contributed by atoms with Gasteiger partial charge >= 0.3 is 6.03 Å². The number of carboxylic acids is 1. The van der Waals surface area contributed by atoms with Crippen molar-refractivity contribution >= 4 is 29.3 Å². The standard InChI is InChI=1S/C17H12N2O4/c20-15-14(10-11-6-8-12(9-7-11)16(21)22)18-17(23)19(15)13-4-2-1-3-5-13/h1-9H,10H2,(H,21,22)/p-1. The zero-order valence-electron chi connectivity index (χ0n) is 11.9. The molecular weight excluding hydrogens is 296 g/mol. The highest BCUT2D eigenvalue weighted by Gasteiger charge is 2.33. The Morgan fingerprint density at radius 2 is 1.65 bits per heavy atom. The molecule has 0 saturated heterocycles. The Bertz CT molecular complexity index is 810. The molecule has 6 nitrogen and oxygen atoms in total. The monoisotopic (exact) mass is 307 g/mol. The summed E-state index contributed by atoms with van der Waals surface area (Å²) in [7, 11) is 0. The minimum absolute atomic E-state index is 0.0513. The maximum Gasteiger partial charge on any atom is 0.355 e. The van der Waals surface area contributed by atoms with Crippen LogP contribution < -0.4 is 10.0 Å². The molecule has 3 rings (SSSR count). The Balaban J connectivity index is 1.79. The number of carboxylic acid groups (broad SMARTS) is 1. The number of carbonyl (C=O) groups excluding carboxylic acids is 3. The van der Waals surface area contributed by atoms with Gasteiger partial charge in [-0.15, -0.1) is 0 Å². The second-order valence-corrected chi connectivity index (χ2v) is 4.98. The molecule has 2 aromatic carbocycles. The molecule has 1 aliphatic rings. The van der Waals surface area contributed by atoms with E-state index in [0.717, 1.165) is 4.90 Å². The molecule has 0 aliphatic carbocycles. The highest BCUT2D eigenvalue weighted by Crippen LogP contribution is 2.20. The maximum absolute atomic E-state index is 12.4. The highest BCUT2D eigenvalue weighted by atomic mass is 16.4. The first-order chi connectivity index (χ1) is 11.1. The van der Waals surface area contributed by atoms with Crippen molar-refractivity contribution in [2.75, 3.05) is 4.90 Å². The molecule has 0 spiro atoms. The molecule has 114 valence electrons. The van der Waals surface area contributed by atoms with E-state index in [1.165, 1.54) is 12.1 Å². The summed E-state index contributed by atoms with van der Waals surface area (Å²) in [5, 5.41) is 10.7. The number of hydrogen-bond donors (Lipinski definition) is 0. The number of aromatic carboxylic acids is 1. The van der Waals surface area contributed by atoms with E-state index < -0.39 is 17.9 Å². The number of amides is 3. The number of aliphatic imine (C=N–C) groups is 1. The molecule has 6 heteroatoms. The van der Waals surface area contributed by atoms with Crippen LogP contribution in [0.3, 0.4) is 0 Å². The lowest BCUT2D eigenvalue weighted by molar-refractivity contribution is -0.255. The Morgan fingerprint density at radius 3 is 2.26 bits per heavy atom. The maximum atomic E-state index is 12.4. The minimum atomic E-state index is -1.27. The lowest BCUT2D eigenvalue weighted by atomic mass is 10.1. The molecule has 0 aromatic heterocycles. The molecule has 2 aromatic rings. The van der Waals surface area contributed by atoms with Crippen LogP contribution in [0.2, 0.25) is 0 Å². The van der Waals surface area contributed by atoms with E-state index in [0.29, 0.717) is 11.3 Å². The molecular formula is C17H11N2O4-. The van der Waals surface area contributed by atoms with Gasteiger partial charge in [0.15, 0.2) is 0 Å². The van der Waals surface area contributed by atoms with Crippen LogP contribution in [0.5, 0.6) is 0 Å². The van der Waals surface area contributed by atoms with Crippen LogP contribution in [0.15, 0.2) is 59.6 Å². The number of carbonyl (C=O) groups is 3. The van der Waals surface area contributed by atoms with Gasteiger partial charge in [0.2, 0.25) is 0 Å². The van der Waals surface area contributed by atoms with Crippen LogP contribution in [0.25, 0.3) is 0 Å². The van der Waals surface area contributed by atoms with Gasteiger partial charge in [-0.3, -0.25) is 4.79 Å². The highest BCUT2D eigenvalue weighted by molar-refractivity contribution is 6.53. The number of nitrogens with zero attached hydrogens (tertiary/aromatic N) is 2. The largest absolute Gasteiger partial charge is 0.545 e. The summed E-state index contributed by atoms with van der Waals surface area (Å²) in [6.07, 6.45) is 0.154. The lowest BCUT2D eigenvalue weighted by Crippen LogP contribution is -2.33. The molecule has 0 saturated carbocycles. The number of imide groups is 1. The van der Waals surface area contributed by atoms with Crippen LogP contribution in [-0.2, 0) is 11.2 Å². The van der Waals surface area contributed by atoms with Crippen molar-refractivity contribution in [1.29, 1.82) is 0 Å². The first kappa shape index (κ1) is 14.6. The Labute approximate surface area is 131 Å². The van der Waals surface area contributed by atoms with E-state index >= 15 is 0 Å².